The van der Waals surface area contributed by atoms with E-state index in [1.165, 1.54) is 10.9 Å². The SMILES string of the molecule is C=CCC(N)c1cccc2[nH]ccc12. The highest BCUT2D eigenvalue weighted by atomic mass is 14.7. The van der Waals surface area contributed by atoms with Crippen LogP contribution in [0.2, 0.25) is 0 Å². The van der Waals surface area contributed by atoms with E-state index in [4.69, 9.17) is 5.73 Å². The van der Waals surface area contributed by atoms with E-state index in [-0.39, 0.29) is 6.04 Å². The van der Waals surface area contributed by atoms with E-state index in [9.17, 15) is 0 Å². The predicted octanol–water partition coefficient (Wildman–Crippen LogP) is 2.74. The summed E-state index contributed by atoms with van der Waals surface area (Å²) in [6, 6.07) is 8.26. The molecule has 0 aliphatic carbocycles. The molecule has 0 bridgehead atoms. The van der Waals surface area contributed by atoms with Gasteiger partial charge in [-0.1, -0.05) is 18.2 Å². The minimum absolute atomic E-state index is 0.0481. The Balaban J connectivity index is 2.50. The van der Waals surface area contributed by atoms with Gasteiger partial charge in [-0.05, 0) is 24.1 Å². The number of nitrogens with one attached hydrogen (secondary N) is 1. The Bertz CT molecular complexity index is 442. The van der Waals surface area contributed by atoms with Gasteiger partial charge in [0.25, 0.3) is 0 Å². The molecule has 72 valence electrons. The van der Waals surface area contributed by atoms with Crippen LogP contribution in [0, 0.1) is 0 Å². The topological polar surface area (TPSA) is 41.8 Å². The summed E-state index contributed by atoms with van der Waals surface area (Å²) in [4.78, 5) is 3.18. The lowest BCUT2D eigenvalue weighted by Gasteiger charge is -2.10. The molecular weight excluding hydrogens is 172 g/mol. The van der Waals surface area contributed by atoms with Crippen molar-refractivity contribution in [1.82, 2.24) is 4.98 Å². The Kier molecular flexibility index (Phi) is 2.37. The normalized spacial score (nSPS) is 12.9. The molecule has 2 nitrogen and oxygen atoms in total. The molecule has 3 N–H and O–H groups in total. The molecule has 2 aromatic rings. The van der Waals surface area contributed by atoms with Crippen molar-refractivity contribution in [2.24, 2.45) is 5.73 Å². The van der Waals surface area contributed by atoms with Gasteiger partial charge in [-0.3, -0.25) is 0 Å². The minimum atomic E-state index is 0.0481. The molecule has 0 fully saturated rings. The molecule has 1 unspecified atom stereocenters. The number of hydrogen-bond acceptors (Lipinski definition) is 1. The van der Waals surface area contributed by atoms with E-state index < -0.39 is 0 Å². The summed E-state index contributed by atoms with van der Waals surface area (Å²) in [7, 11) is 0. The maximum absolute atomic E-state index is 6.05. The highest BCUT2D eigenvalue weighted by molar-refractivity contribution is 5.83. The van der Waals surface area contributed by atoms with Crippen LogP contribution in [0.15, 0.2) is 43.1 Å². The lowest BCUT2D eigenvalue weighted by molar-refractivity contribution is 0.748. The summed E-state index contributed by atoms with van der Waals surface area (Å²) in [6.45, 7) is 3.71. The number of aromatic nitrogens is 1. The van der Waals surface area contributed by atoms with Gasteiger partial charge in [-0.15, -0.1) is 6.58 Å². The second-order valence-electron chi connectivity index (χ2n) is 3.42. The first kappa shape index (κ1) is 9.03. The van der Waals surface area contributed by atoms with Crippen LogP contribution in [0.1, 0.15) is 18.0 Å². The van der Waals surface area contributed by atoms with E-state index >= 15 is 0 Å². The third-order valence-electron chi connectivity index (χ3n) is 2.45. The van der Waals surface area contributed by atoms with Crippen LogP contribution in [0.5, 0.6) is 0 Å². The Morgan fingerprint density at radius 3 is 3.07 bits per heavy atom. The van der Waals surface area contributed by atoms with Gasteiger partial charge in [0.05, 0.1) is 0 Å². The summed E-state index contributed by atoms with van der Waals surface area (Å²) in [5.74, 6) is 0. The third kappa shape index (κ3) is 1.44. The van der Waals surface area contributed by atoms with Crippen molar-refractivity contribution in [2.45, 2.75) is 12.5 Å². The molecule has 0 aliphatic rings. The van der Waals surface area contributed by atoms with E-state index in [1.54, 1.807) is 0 Å². The lowest BCUT2D eigenvalue weighted by Crippen LogP contribution is -2.08. The van der Waals surface area contributed by atoms with Crippen molar-refractivity contribution in [2.75, 3.05) is 0 Å². The van der Waals surface area contributed by atoms with Gasteiger partial charge in [-0.2, -0.15) is 0 Å². The molecule has 1 atom stereocenters. The zero-order valence-corrected chi connectivity index (χ0v) is 8.03. The van der Waals surface area contributed by atoms with Crippen LogP contribution in [0.25, 0.3) is 10.9 Å². The number of benzene rings is 1. The largest absolute Gasteiger partial charge is 0.361 e. The zero-order valence-electron chi connectivity index (χ0n) is 8.03. The highest BCUT2D eigenvalue weighted by Crippen LogP contribution is 2.23. The molecule has 1 aromatic carbocycles. The Morgan fingerprint density at radius 2 is 2.29 bits per heavy atom. The minimum Gasteiger partial charge on any atom is -0.361 e. The summed E-state index contributed by atoms with van der Waals surface area (Å²) in [5.41, 5.74) is 8.37. The molecule has 0 saturated heterocycles. The van der Waals surface area contributed by atoms with Gasteiger partial charge in [0.15, 0.2) is 0 Å². The number of fused-ring (bicyclic) bond motifs is 1. The fraction of sp³-hybridized carbons (Fsp3) is 0.167. The zero-order chi connectivity index (χ0) is 9.97. The van der Waals surface area contributed by atoms with Crippen molar-refractivity contribution in [3.63, 3.8) is 0 Å². The van der Waals surface area contributed by atoms with Crippen LogP contribution in [0.4, 0.5) is 0 Å². The van der Waals surface area contributed by atoms with Crippen LogP contribution < -0.4 is 5.73 Å². The molecule has 0 amide bonds. The highest BCUT2D eigenvalue weighted by Gasteiger charge is 2.07. The van der Waals surface area contributed by atoms with Crippen molar-refractivity contribution in [1.29, 1.82) is 0 Å². The van der Waals surface area contributed by atoms with Crippen molar-refractivity contribution in [3.05, 3.63) is 48.7 Å². The molecular formula is C12H14N2. The van der Waals surface area contributed by atoms with Crippen molar-refractivity contribution in [3.8, 4) is 0 Å². The Hall–Kier alpha value is -1.54. The number of nitrogens with two attached hydrogens (primary N) is 1. The van der Waals surface area contributed by atoms with Crippen molar-refractivity contribution < 1.29 is 0 Å². The second-order valence-corrected chi connectivity index (χ2v) is 3.42. The molecule has 2 heteroatoms. The van der Waals surface area contributed by atoms with Gasteiger partial charge in [-0.25, -0.2) is 0 Å². The van der Waals surface area contributed by atoms with Gasteiger partial charge in [0, 0.05) is 23.1 Å². The molecule has 14 heavy (non-hydrogen) atoms. The second kappa shape index (κ2) is 3.68. The van der Waals surface area contributed by atoms with Gasteiger partial charge < -0.3 is 10.7 Å². The summed E-state index contributed by atoms with van der Waals surface area (Å²) in [6.07, 6.45) is 4.61. The number of rotatable bonds is 3. The van der Waals surface area contributed by atoms with Crippen LogP contribution in [0.3, 0.4) is 0 Å². The first-order valence-corrected chi connectivity index (χ1v) is 4.75. The summed E-state index contributed by atoms with van der Waals surface area (Å²) < 4.78 is 0. The Labute approximate surface area is 83.4 Å². The number of aromatic amines is 1. The fourth-order valence-corrected chi connectivity index (χ4v) is 1.74. The standard InChI is InChI=1S/C12H14N2/c1-2-4-11(13)9-5-3-6-12-10(9)7-8-14-12/h2-3,5-8,11,14H,1,4,13H2. The lowest BCUT2D eigenvalue weighted by atomic mass is 10.0. The molecule has 0 aliphatic heterocycles. The van der Waals surface area contributed by atoms with E-state index in [0.29, 0.717) is 0 Å². The average molecular weight is 186 g/mol. The van der Waals surface area contributed by atoms with Gasteiger partial charge in [0.1, 0.15) is 0 Å². The average Bonchev–Trinajstić information content (AvgIpc) is 2.65. The third-order valence-corrected chi connectivity index (χ3v) is 2.45. The molecule has 1 aromatic heterocycles. The van der Waals surface area contributed by atoms with Crippen molar-refractivity contribution >= 4 is 10.9 Å². The maximum atomic E-state index is 6.05. The first-order chi connectivity index (χ1) is 6.83. The molecule has 0 spiro atoms. The summed E-state index contributed by atoms with van der Waals surface area (Å²) in [5, 5.41) is 1.21. The monoisotopic (exact) mass is 186 g/mol. The first-order valence-electron chi connectivity index (χ1n) is 4.75. The fourth-order valence-electron chi connectivity index (χ4n) is 1.74. The quantitative estimate of drug-likeness (QED) is 0.711. The maximum Gasteiger partial charge on any atom is 0.0457 e. The van der Waals surface area contributed by atoms with E-state index in [0.717, 1.165) is 11.9 Å². The number of H-pyrrole nitrogens is 1. The predicted molar refractivity (Wildman–Crippen MR) is 60.0 cm³/mol. The van der Waals surface area contributed by atoms with E-state index in [1.807, 2.05) is 18.3 Å². The van der Waals surface area contributed by atoms with Gasteiger partial charge in [0.2, 0.25) is 0 Å². The van der Waals surface area contributed by atoms with Crippen LogP contribution >= 0.6 is 0 Å². The Morgan fingerprint density at radius 1 is 1.43 bits per heavy atom. The summed E-state index contributed by atoms with van der Waals surface area (Å²) >= 11 is 0. The number of hydrogen-bond donors (Lipinski definition) is 2. The van der Waals surface area contributed by atoms with Crippen LogP contribution in [-0.2, 0) is 0 Å². The smallest absolute Gasteiger partial charge is 0.0457 e. The molecule has 0 radical (unpaired) electrons. The molecule has 2 rings (SSSR count). The molecule has 1 heterocycles. The van der Waals surface area contributed by atoms with Crippen LogP contribution in [-0.4, -0.2) is 4.98 Å². The van der Waals surface area contributed by atoms with E-state index in [2.05, 4.69) is 29.8 Å². The van der Waals surface area contributed by atoms with Gasteiger partial charge >= 0.3 is 0 Å². The molecule has 0 saturated carbocycles.